The zero-order valence-electron chi connectivity index (χ0n) is 18.0. The standard InChI is InChI=1S/C23H18F3N5O3S/c24-23(25,26)34-19-8-4-5-9-20(19)35(32,33)31-15-17-21(28-11-10-27-17)30-13-12-29-22(30)18(31)14-16-6-2-1-3-7-16/h1-13,18H,14-15H2/t18-/m1/s1. The highest BCUT2D eigenvalue weighted by atomic mass is 32.2. The van der Waals surface area contributed by atoms with Gasteiger partial charge in [-0.25, -0.2) is 18.4 Å². The molecule has 4 aromatic rings. The van der Waals surface area contributed by atoms with Crippen LogP contribution in [0.3, 0.4) is 0 Å². The lowest BCUT2D eigenvalue weighted by Crippen LogP contribution is -2.36. The van der Waals surface area contributed by atoms with Crippen LogP contribution in [0.4, 0.5) is 13.2 Å². The fourth-order valence-corrected chi connectivity index (χ4v) is 5.74. The maximum absolute atomic E-state index is 14.0. The number of hydrogen-bond acceptors (Lipinski definition) is 6. The number of halogens is 3. The van der Waals surface area contributed by atoms with E-state index in [1.807, 2.05) is 30.3 Å². The van der Waals surface area contributed by atoms with Crippen LogP contribution in [0.25, 0.3) is 5.82 Å². The molecule has 3 heterocycles. The fourth-order valence-electron chi connectivity index (χ4n) is 4.08. The molecule has 0 unspecified atom stereocenters. The molecule has 0 radical (unpaired) electrons. The lowest BCUT2D eigenvalue weighted by Gasteiger charge is -2.29. The number of para-hydroxylation sites is 1. The zero-order chi connectivity index (χ0) is 24.6. The summed E-state index contributed by atoms with van der Waals surface area (Å²) in [5, 5.41) is 0. The monoisotopic (exact) mass is 501 g/mol. The van der Waals surface area contributed by atoms with Gasteiger partial charge in [0.05, 0.1) is 18.3 Å². The molecule has 1 aliphatic heterocycles. The Bertz CT molecular complexity index is 1460. The van der Waals surface area contributed by atoms with Crippen molar-refractivity contribution in [1.82, 2.24) is 23.8 Å². The van der Waals surface area contributed by atoms with Crippen LogP contribution in [-0.4, -0.2) is 38.6 Å². The molecular weight excluding hydrogens is 483 g/mol. The van der Waals surface area contributed by atoms with Crippen LogP contribution < -0.4 is 4.74 Å². The van der Waals surface area contributed by atoms with Crippen LogP contribution in [0.2, 0.25) is 0 Å². The summed E-state index contributed by atoms with van der Waals surface area (Å²) in [5.74, 6) is -0.0492. The molecule has 0 fully saturated rings. The van der Waals surface area contributed by atoms with Crippen molar-refractivity contribution in [2.24, 2.45) is 0 Å². The molecule has 0 amide bonds. The molecule has 2 aromatic carbocycles. The average Bonchev–Trinajstić information content (AvgIpc) is 3.26. The first-order valence-corrected chi connectivity index (χ1v) is 11.9. The van der Waals surface area contributed by atoms with Gasteiger partial charge in [0.25, 0.3) is 0 Å². The summed E-state index contributed by atoms with van der Waals surface area (Å²) in [6, 6.07) is 13.0. The maximum atomic E-state index is 14.0. The van der Waals surface area contributed by atoms with Gasteiger partial charge >= 0.3 is 6.36 Å². The van der Waals surface area contributed by atoms with Gasteiger partial charge in [-0.1, -0.05) is 42.5 Å². The van der Waals surface area contributed by atoms with E-state index in [4.69, 9.17) is 0 Å². The van der Waals surface area contributed by atoms with E-state index in [1.54, 1.807) is 10.8 Å². The highest BCUT2D eigenvalue weighted by Crippen LogP contribution is 2.39. The van der Waals surface area contributed by atoms with E-state index in [0.717, 1.165) is 22.0 Å². The highest BCUT2D eigenvalue weighted by Gasteiger charge is 2.41. The van der Waals surface area contributed by atoms with Gasteiger partial charge in [-0.2, -0.15) is 4.31 Å². The number of sulfonamides is 1. The van der Waals surface area contributed by atoms with Crippen molar-refractivity contribution in [3.05, 3.63) is 96.5 Å². The Morgan fingerprint density at radius 3 is 2.43 bits per heavy atom. The van der Waals surface area contributed by atoms with Gasteiger partial charge in [-0.3, -0.25) is 9.55 Å². The molecule has 1 atom stereocenters. The van der Waals surface area contributed by atoms with Gasteiger partial charge in [0.15, 0.2) is 5.82 Å². The molecule has 0 spiro atoms. The quantitative estimate of drug-likeness (QED) is 0.410. The average molecular weight is 501 g/mol. The van der Waals surface area contributed by atoms with Crippen LogP contribution in [0, 0.1) is 0 Å². The summed E-state index contributed by atoms with van der Waals surface area (Å²) in [5.41, 5.74) is 1.15. The number of aromatic nitrogens is 4. The van der Waals surface area contributed by atoms with Gasteiger partial charge in [0, 0.05) is 24.8 Å². The van der Waals surface area contributed by atoms with E-state index in [0.29, 0.717) is 17.3 Å². The smallest absolute Gasteiger partial charge is 0.404 e. The van der Waals surface area contributed by atoms with Crippen LogP contribution >= 0.6 is 0 Å². The molecule has 8 nitrogen and oxygen atoms in total. The van der Waals surface area contributed by atoms with E-state index in [1.165, 1.54) is 30.7 Å². The summed E-state index contributed by atoms with van der Waals surface area (Å²) in [4.78, 5) is 12.5. The number of hydrogen-bond donors (Lipinski definition) is 0. The molecule has 5 rings (SSSR count). The molecular formula is C23H18F3N5O3S. The highest BCUT2D eigenvalue weighted by molar-refractivity contribution is 7.89. The molecule has 0 saturated heterocycles. The maximum Gasteiger partial charge on any atom is 0.573 e. The first-order valence-electron chi connectivity index (χ1n) is 10.5. The van der Waals surface area contributed by atoms with Crippen molar-refractivity contribution < 1.29 is 26.3 Å². The SMILES string of the molecule is O=S(=O)(c1ccccc1OC(F)(F)F)N1Cc2nccnc2-n2ccnc2[C@H]1Cc1ccccc1. The van der Waals surface area contributed by atoms with E-state index >= 15 is 0 Å². The third-order valence-electron chi connectivity index (χ3n) is 5.53. The number of rotatable bonds is 5. The lowest BCUT2D eigenvalue weighted by molar-refractivity contribution is -0.275. The number of benzene rings is 2. The number of fused-ring (bicyclic) bond motifs is 3. The van der Waals surface area contributed by atoms with Crippen LogP contribution in [0.15, 0.2) is 84.3 Å². The Kier molecular flexibility index (Phi) is 5.77. The first-order chi connectivity index (χ1) is 16.7. The van der Waals surface area contributed by atoms with Gasteiger partial charge in [0.1, 0.15) is 16.5 Å². The Balaban J connectivity index is 1.69. The van der Waals surface area contributed by atoms with Crippen molar-refractivity contribution in [1.29, 1.82) is 0 Å². The second-order valence-electron chi connectivity index (χ2n) is 7.73. The Morgan fingerprint density at radius 1 is 0.943 bits per heavy atom. The second kappa shape index (κ2) is 8.78. The predicted octanol–water partition coefficient (Wildman–Crippen LogP) is 4.05. The van der Waals surface area contributed by atoms with Gasteiger partial charge in [0.2, 0.25) is 10.0 Å². The van der Waals surface area contributed by atoms with Gasteiger partial charge in [-0.15, -0.1) is 13.2 Å². The van der Waals surface area contributed by atoms with E-state index < -0.39 is 33.1 Å². The van der Waals surface area contributed by atoms with Gasteiger partial charge < -0.3 is 4.74 Å². The minimum Gasteiger partial charge on any atom is -0.404 e. The summed E-state index contributed by atoms with van der Waals surface area (Å²) >= 11 is 0. The zero-order valence-corrected chi connectivity index (χ0v) is 18.8. The first kappa shape index (κ1) is 23.0. The second-order valence-corrected chi connectivity index (χ2v) is 9.59. The Hall–Kier alpha value is -3.77. The van der Waals surface area contributed by atoms with Crippen LogP contribution in [0.1, 0.15) is 23.1 Å². The molecule has 180 valence electrons. The fraction of sp³-hybridized carbons (Fsp3) is 0.174. The van der Waals surface area contributed by atoms with Crippen molar-refractivity contribution in [2.75, 3.05) is 0 Å². The third-order valence-corrected chi connectivity index (χ3v) is 7.43. The van der Waals surface area contributed by atoms with E-state index in [2.05, 4.69) is 19.7 Å². The lowest BCUT2D eigenvalue weighted by atomic mass is 10.1. The van der Waals surface area contributed by atoms with E-state index in [-0.39, 0.29) is 13.0 Å². The predicted molar refractivity (Wildman–Crippen MR) is 118 cm³/mol. The largest absolute Gasteiger partial charge is 0.573 e. The number of imidazole rings is 1. The third kappa shape index (κ3) is 4.49. The van der Waals surface area contributed by atoms with Crippen molar-refractivity contribution >= 4 is 10.0 Å². The minimum absolute atomic E-state index is 0.216. The van der Waals surface area contributed by atoms with Crippen molar-refractivity contribution in [3.8, 4) is 11.6 Å². The molecule has 0 saturated carbocycles. The number of alkyl halides is 3. The molecule has 1 aliphatic rings. The van der Waals surface area contributed by atoms with E-state index in [9.17, 15) is 21.6 Å². The van der Waals surface area contributed by atoms with Crippen LogP contribution in [0.5, 0.6) is 5.75 Å². The summed E-state index contributed by atoms with van der Waals surface area (Å²) < 4.78 is 74.0. The van der Waals surface area contributed by atoms with Gasteiger partial charge in [-0.05, 0) is 24.1 Å². The Morgan fingerprint density at radius 2 is 1.66 bits per heavy atom. The molecule has 0 N–H and O–H groups in total. The Labute approximate surface area is 198 Å². The van der Waals surface area contributed by atoms with Crippen LogP contribution in [-0.2, 0) is 23.0 Å². The normalized spacial score (nSPS) is 16.3. The molecule has 0 aliphatic carbocycles. The molecule has 12 heteroatoms. The number of ether oxygens (including phenoxy) is 1. The van der Waals surface area contributed by atoms with Crippen molar-refractivity contribution in [2.45, 2.75) is 30.3 Å². The van der Waals surface area contributed by atoms with Crippen molar-refractivity contribution in [3.63, 3.8) is 0 Å². The molecule has 35 heavy (non-hydrogen) atoms. The summed E-state index contributed by atoms with van der Waals surface area (Å²) in [6.45, 7) is -0.229. The summed E-state index contributed by atoms with van der Waals surface area (Å²) in [6.07, 6.45) is 1.22. The molecule has 0 bridgehead atoms. The number of nitrogens with zero attached hydrogens (tertiary/aromatic N) is 5. The molecule has 2 aromatic heterocycles. The summed E-state index contributed by atoms with van der Waals surface area (Å²) in [7, 11) is -4.53. The topological polar surface area (TPSA) is 90.2 Å². The minimum atomic E-state index is -5.07.